The summed E-state index contributed by atoms with van der Waals surface area (Å²) in [6.07, 6.45) is 2.47. The first kappa shape index (κ1) is 16.9. The van der Waals surface area contributed by atoms with E-state index in [1.807, 2.05) is 6.92 Å². The summed E-state index contributed by atoms with van der Waals surface area (Å²) < 4.78 is 27.2. The molecule has 0 aromatic heterocycles. The van der Waals surface area contributed by atoms with Gasteiger partial charge in [0.2, 0.25) is 10.0 Å². The molecule has 0 saturated carbocycles. The van der Waals surface area contributed by atoms with Crippen LogP contribution in [0, 0.1) is 12.8 Å². The Bertz CT molecular complexity index is 523. The second-order valence-electron chi connectivity index (χ2n) is 5.04. The molecule has 20 heavy (non-hydrogen) atoms. The van der Waals surface area contributed by atoms with Gasteiger partial charge in [-0.25, -0.2) is 13.1 Å². The number of hydrogen-bond donors (Lipinski definition) is 3. The highest BCUT2D eigenvalue weighted by Crippen LogP contribution is 2.18. The minimum Gasteiger partial charge on any atom is -0.399 e. The average molecular weight is 300 g/mol. The standard InChI is InChI=1S/C14H24N2O3S/c1-3-4-12(7-8-17)10-16-20(18,19)14-6-5-13(15)9-11(14)2/h5-6,9,12,16-17H,3-4,7-8,10,15H2,1-2H3. The summed E-state index contributed by atoms with van der Waals surface area (Å²) in [4.78, 5) is 0.256. The summed E-state index contributed by atoms with van der Waals surface area (Å²) in [5.41, 5.74) is 6.81. The molecule has 0 saturated heterocycles. The zero-order valence-electron chi connectivity index (χ0n) is 12.1. The number of anilines is 1. The van der Waals surface area contributed by atoms with Crippen molar-refractivity contribution >= 4 is 15.7 Å². The number of hydrogen-bond acceptors (Lipinski definition) is 4. The Morgan fingerprint density at radius 3 is 2.60 bits per heavy atom. The van der Waals surface area contributed by atoms with E-state index in [4.69, 9.17) is 10.8 Å². The highest BCUT2D eigenvalue weighted by Gasteiger charge is 2.18. The molecule has 1 rings (SSSR count). The van der Waals surface area contributed by atoms with Crippen molar-refractivity contribution < 1.29 is 13.5 Å². The Morgan fingerprint density at radius 2 is 2.05 bits per heavy atom. The van der Waals surface area contributed by atoms with E-state index in [1.54, 1.807) is 19.1 Å². The molecule has 0 aliphatic rings. The molecule has 1 atom stereocenters. The number of rotatable bonds is 8. The smallest absolute Gasteiger partial charge is 0.240 e. The van der Waals surface area contributed by atoms with Crippen molar-refractivity contribution in [3.05, 3.63) is 23.8 Å². The first-order valence-electron chi connectivity index (χ1n) is 6.87. The normalized spacial score (nSPS) is 13.3. The van der Waals surface area contributed by atoms with E-state index in [9.17, 15) is 8.42 Å². The van der Waals surface area contributed by atoms with Crippen molar-refractivity contribution in [1.29, 1.82) is 0 Å². The third-order valence-corrected chi connectivity index (χ3v) is 4.87. The fourth-order valence-corrected chi connectivity index (χ4v) is 3.56. The van der Waals surface area contributed by atoms with Gasteiger partial charge in [-0.15, -0.1) is 0 Å². The molecule has 1 aromatic rings. The molecule has 4 N–H and O–H groups in total. The van der Waals surface area contributed by atoms with Gasteiger partial charge in [0.1, 0.15) is 0 Å². The minimum absolute atomic E-state index is 0.0767. The van der Waals surface area contributed by atoms with Crippen LogP contribution in [0.4, 0.5) is 5.69 Å². The minimum atomic E-state index is -3.53. The number of benzene rings is 1. The lowest BCUT2D eigenvalue weighted by Gasteiger charge is -2.16. The van der Waals surface area contributed by atoms with Crippen LogP contribution in [-0.4, -0.2) is 26.7 Å². The van der Waals surface area contributed by atoms with Crippen molar-refractivity contribution in [2.75, 3.05) is 18.9 Å². The Kier molecular flexibility index (Phi) is 6.45. The molecule has 0 radical (unpaired) electrons. The zero-order chi connectivity index (χ0) is 15.2. The number of aliphatic hydroxyl groups is 1. The predicted molar refractivity (Wildman–Crippen MR) is 80.9 cm³/mol. The number of sulfonamides is 1. The van der Waals surface area contributed by atoms with Crippen molar-refractivity contribution in [2.45, 2.75) is 38.0 Å². The summed E-state index contributed by atoms with van der Waals surface area (Å²) >= 11 is 0. The molecular formula is C14H24N2O3S. The van der Waals surface area contributed by atoms with Crippen LogP contribution < -0.4 is 10.5 Å². The van der Waals surface area contributed by atoms with E-state index < -0.39 is 10.0 Å². The number of nitrogens with one attached hydrogen (secondary N) is 1. The summed E-state index contributed by atoms with van der Waals surface area (Å²) in [7, 11) is -3.53. The number of nitrogen functional groups attached to an aromatic ring is 1. The van der Waals surface area contributed by atoms with E-state index in [2.05, 4.69) is 4.72 Å². The van der Waals surface area contributed by atoms with Gasteiger partial charge < -0.3 is 10.8 Å². The van der Waals surface area contributed by atoms with Crippen molar-refractivity contribution in [1.82, 2.24) is 4.72 Å². The second-order valence-corrected chi connectivity index (χ2v) is 6.78. The Balaban J connectivity index is 2.78. The lowest BCUT2D eigenvalue weighted by atomic mass is 10.0. The van der Waals surface area contributed by atoms with Gasteiger partial charge in [-0.3, -0.25) is 0 Å². The molecule has 5 nitrogen and oxygen atoms in total. The molecule has 0 fully saturated rings. The second kappa shape index (κ2) is 7.61. The van der Waals surface area contributed by atoms with Crippen LogP contribution in [0.3, 0.4) is 0 Å². The van der Waals surface area contributed by atoms with Gasteiger partial charge in [0.25, 0.3) is 0 Å². The monoisotopic (exact) mass is 300 g/mol. The topological polar surface area (TPSA) is 92.4 Å². The maximum absolute atomic E-state index is 12.3. The number of aryl methyl sites for hydroxylation is 1. The van der Waals surface area contributed by atoms with Crippen LogP contribution in [0.1, 0.15) is 31.7 Å². The molecule has 0 aliphatic carbocycles. The van der Waals surface area contributed by atoms with E-state index in [0.29, 0.717) is 24.2 Å². The Morgan fingerprint density at radius 1 is 1.35 bits per heavy atom. The molecular weight excluding hydrogens is 276 g/mol. The molecule has 114 valence electrons. The summed E-state index contributed by atoms with van der Waals surface area (Å²) in [6.45, 7) is 4.19. The molecule has 0 heterocycles. The number of nitrogens with two attached hydrogens (primary N) is 1. The highest BCUT2D eigenvalue weighted by atomic mass is 32.2. The van der Waals surface area contributed by atoms with E-state index in [1.165, 1.54) is 6.07 Å². The SMILES string of the molecule is CCCC(CCO)CNS(=O)(=O)c1ccc(N)cc1C. The highest BCUT2D eigenvalue weighted by molar-refractivity contribution is 7.89. The quantitative estimate of drug-likeness (QED) is 0.637. The third kappa shape index (κ3) is 4.77. The van der Waals surface area contributed by atoms with Crippen LogP contribution >= 0.6 is 0 Å². The van der Waals surface area contributed by atoms with Crippen molar-refractivity contribution in [3.63, 3.8) is 0 Å². The fourth-order valence-electron chi connectivity index (χ4n) is 2.22. The van der Waals surface area contributed by atoms with Gasteiger partial charge in [0.15, 0.2) is 0 Å². The molecule has 0 aliphatic heterocycles. The van der Waals surface area contributed by atoms with Crippen LogP contribution in [0.2, 0.25) is 0 Å². The van der Waals surface area contributed by atoms with Gasteiger partial charge in [-0.05, 0) is 49.4 Å². The first-order valence-corrected chi connectivity index (χ1v) is 8.35. The van der Waals surface area contributed by atoms with Crippen LogP contribution in [0.25, 0.3) is 0 Å². The summed E-state index contributed by atoms with van der Waals surface area (Å²) in [5.74, 6) is 0.161. The van der Waals surface area contributed by atoms with Gasteiger partial charge in [-0.1, -0.05) is 13.3 Å². The van der Waals surface area contributed by atoms with Gasteiger partial charge in [-0.2, -0.15) is 0 Å². The molecule has 1 unspecified atom stereocenters. The number of aliphatic hydroxyl groups excluding tert-OH is 1. The fraction of sp³-hybridized carbons (Fsp3) is 0.571. The maximum Gasteiger partial charge on any atom is 0.240 e. The molecule has 6 heteroatoms. The summed E-state index contributed by atoms with van der Waals surface area (Å²) in [5, 5.41) is 8.99. The van der Waals surface area contributed by atoms with Gasteiger partial charge >= 0.3 is 0 Å². The maximum atomic E-state index is 12.3. The Hall–Kier alpha value is -1.11. The zero-order valence-corrected chi connectivity index (χ0v) is 12.9. The molecule has 0 bridgehead atoms. The largest absolute Gasteiger partial charge is 0.399 e. The summed E-state index contributed by atoms with van der Waals surface area (Å²) in [6, 6.07) is 4.75. The molecule has 0 spiro atoms. The van der Waals surface area contributed by atoms with E-state index in [-0.39, 0.29) is 17.4 Å². The van der Waals surface area contributed by atoms with Crippen molar-refractivity contribution in [2.24, 2.45) is 5.92 Å². The Labute approximate surface area is 121 Å². The molecule has 0 amide bonds. The average Bonchev–Trinajstić information content (AvgIpc) is 2.36. The van der Waals surface area contributed by atoms with Crippen molar-refractivity contribution in [3.8, 4) is 0 Å². The third-order valence-electron chi connectivity index (χ3n) is 3.28. The molecule has 1 aromatic carbocycles. The van der Waals surface area contributed by atoms with E-state index >= 15 is 0 Å². The lowest BCUT2D eigenvalue weighted by Crippen LogP contribution is -2.30. The van der Waals surface area contributed by atoms with Crippen LogP contribution in [0.5, 0.6) is 0 Å². The van der Waals surface area contributed by atoms with Gasteiger partial charge in [0, 0.05) is 18.8 Å². The first-order chi connectivity index (χ1) is 9.40. The lowest BCUT2D eigenvalue weighted by molar-refractivity contribution is 0.251. The van der Waals surface area contributed by atoms with E-state index in [0.717, 1.165) is 12.8 Å². The van der Waals surface area contributed by atoms with Gasteiger partial charge in [0.05, 0.1) is 4.90 Å². The van der Waals surface area contributed by atoms with Crippen LogP contribution in [0.15, 0.2) is 23.1 Å². The van der Waals surface area contributed by atoms with Crippen LogP contribution in [-0.2, 0) is 10.0 Å². The predicted octanol–water partition coefficient (Wildman–Crippen LogP) is 1.65.